The molecule has 0 aliphatic rings. The molecule has 4 heteroatoms. The van der Waals surface area contributed by atoms with Crippen molar-refractivity contribution in [1.82, 2.24) is 0 Å². The Kier molecular flexibility index (Phi) is 4.20. The summed E-state index contributed by atoms with van der Waals surface area (Å²) >= 11 is 11.7. The van der Waals surface area contributed by atoms with E-state index in [0.717, 1.165) is 0 Å². The number of benzene rings is 1. The van der Waals surface area contributed by atoms with Gasteiger partial charge in [0.05, 0.1) is 6.10 Å². The standard InChI is InChI=1S/C10H13Cl2NO/c1-2-9(13)10(14)7-4-3-6(11)5-8(7)12/h3-5,9-10,14H,2,13H2,1H3. The van der Waals surface area contributed by atoms with Crippen molar-refractivity contribution >= 4 is 23.2 Å². The summed E-state index contributed by atoms with van der Waals surface area (Å²) in [5, 5.41) is 10.8. The van der Waals surface area contributed by atoms with E-state index in [2.05, 4.69) is 0 Å². The molecular formula is C10H13Cl2NO. The first-order chi connectivity index (χ1) is 6.56. The monoisotopic (exact) mass is 233 g/mol. The molecule has 0 amide bonds. The normalized spacial score (nSPS) is 15.2. The van der Waals surface area contributed by atoms with Crippen molar-refractivity contribution in [3.05, 3.63) is 33.8 Å². The highest BCUT2D eigenvalue weighted by Crippen LogP contribution is 2.28. The molecule has 14 heavy (non-hydrogen) atoms. The summed E-state index contributed by atoms with van der Waals surface area (Å²) in [6, 6.07) is 4.69. The fourth-order valence-electron chi connectivity index (χ4n) is 1.20. The molecule has 1 aromatic rings. The Morgan fingerprint density at radius 1 is 1.43 bits per heavy atom. The van der Waals surface area contributed by atoms with Gasteiger partial charge in [0.15, 0.2) is 0 Å². The second-order valence-corrected chi connectivity index (χ2v) is 4.03. The maximum absolute atomic E-state index is 9.81. The van der Waals surface area contributed by atoms with Crippen LogP contribution in [-0.2, 0) is 0 Å². The number of rotatable bonds is 3. The zero-order valence-corrected chi connectivity index (χ0v) is 9.39. The van der Waals surface area contributed by atoms with Crippen LogP contribution in [-0.4, -0.2) is 11.1 Å². The van der Waals surface area contributed by atoms with Gasteiger partial charge in [0.2, 0.25) is 0 Å². The van der Waals surface area contributed by atoms with Gasteiger partial charge in [-0.15, -0.1) is 0 Å². The van der Waals surface area contributed by atoms with E-state index in [9.17, 15) is 5.11 Å². The van der Waals surface area contributed by atoms with Gasteiger partial charge in [0, 0.05) is 21.7 Å². The zero-order chi connectivity index (χ0) is 10.7. The number of aliphatic hydroxyl groups is 1. The minimum Gasteiger partial charge on any atom is -0.387 e. The van der Waals surface area contributed by atoms with Crippen molar-refractivity contribution in [3.8, 4) is 0 Å². The fourth-order valence-corrected chi connectivity index (χ4v) is 1.72. The molecule has 0 spiro atoms. The van der Waals surface area contributed by atoms with E-state index in [-0.39, 0.29) is 6.04 Å². The highest BCUT2D eigenvalue weighted by Gasteiger charge is 2.17. The van der Waals surface area contributed by atoms with Gasteiger partial charge in [-0.05, 0) is 18.6 Å². The molecule has 0 aromatic heterocycles. The van der Waals surface area contributed by atoms with Crippen molar-refractivity contribution < 1.29 is 5.11 Å². The molecule has 0 fully saturated rings. The summed E-state index contributed by atoms with van der Waals surface area (Å²) < 4.78 is 0. The van der Waals surface area contributed by atoms with Gasteiger partial charge in [0.1, 0.15) is 0 Å². The first-order valence-corrected chi connectivity index (χ1v) is 5.20. The van der Waals surface area contributed by atoms with E-state index in [0.29, 0.717) is 22.0 Å². The summed E-state index contributed by atoms with van der Waals surface area (Å²) in [4.78, 5) is 0. The number of hydrogen-bond donors (Lipinski definition) is 2. The Hall–Kier alpha value is -0.280. The van der Waals surface area contributed by atoms with Crippen LogP contribution < -0.4 is 5.73 Å². The van der Waals surface area contributed by atoms with Gasteiger partial charge in [0.25, 0.3) is 0 Å². The molecule has 0 radical (unpaired) electrons. The van der Waals surface area contributed by atoms with E-state index in [1.807, 2.05) is 6.92 Å². The third-order valence-electron chi connectivity index (χ3n) is 2.16. The molecule has 0 saturated heterocycles. The Labute approximate surface area is 93.6 Å². The molecule has 3 N–H and O–H groups in total. The van der Waals surface area contributed by atoms with E-state index in [1.54, 1.807) is 18.2 Å². The number of hydrogen-bond acceptors (Lipinski definition) is 2. The number of aliphatic hydroxyl groups excluding tert-OH is 1. The third kappa shape index (κ3) is 2.61. The highest BCUT2D eigenvalue weighted by molar-refractivity contribution is 6.35. The number of nitrogens with two attached hydrogens (primary N) is 1. The summed E-state index contributed by atoms with van der Waals surface area (Å²) in [5.74, 6) is 0. The Balaban J connectivity index is 2.95. The van der Waals surface area contributed by atoms with Crippen LogP contribution in [0.1, 0.15) is 25.0 Å². The summed E-state index contributed by atoms with van der Waals surface area (Å²) in [7, 11) is 0. The maximum Gasteiger partial charge on any atom is 0.0955 e. The van der Waals surface area contributed by atoms with E-state index >= 15 is 0 Å². The molecule has 2 atom stereocenters. The lowest BCUT2D eigenvalue weighted by atomic mass is 10.0. The smallest absolute Gasteiger partial charge is 0.0955 e. The van der Waals surface area contributed by atoms with E-state index in [1.165, 1.54) is 0 Å². The van der Waals surface area contributed by atoms with Gasteiger partial charge in [-0.25, -0.2) is 0 Å². The minimum atomic E-state index is -0.732. The highest BCUT2D eigenvalue weighted by atomic mass is 35.5. The lowest BCUT2D eigenvalue weighted by molar-refractivity contribution is 0.144. The van der Waals surface area contributed by atoms with Crippen LogP contribution >= 0.6 is 23.2 Å². The lowest BCUT2D eigenvalue weighted by Crippen LogP contribution is -2.27. The van der Waals surface area contributed by atoms with Crippen LogP contribution in [0.5, 0.6) is 0 Å². The van der Waals surface area contributed by atoms with Crippen molar-refractivity contribution in [2.24, 2.45) is 5.73 Å². The van der Waals surface area contributed by atoms with Gasteiger partial charge in [-0.1, -0.05) is 36.2 Å². The van der Waals surface area contributed by atoms with Crippen LogP contribution in [0.3, 0.4) is 0 Å². The van der Waals surface area contributed by atoms with Crippen LogP contribution in [0.15, 0.2) is 18.2 Å². The summed E-state index contributed by atoms with van der Waals surface area (Å²) in [5.41, 5.74) is 6.34. The average Bonchev–Trinajstić information content (AvgIpc) is 2.15. The minimum absolute atomic E-state index is 0.298. The molecule has 0 bridgehead atoms. The second kappa shape index (κ2) is 4.99. The van der Waals surface area contributed by atoms with E-state index < -0.39 is 6.10 Å². The third-order valence-corrected chi connectivity index (χ3v) is 2.72. The van der Waals surface area contributed by atoms with Crippen LogP contribution in [0, 0.1) is 0 Å². The predicted molar refractivity (Wildman–Crippen MR) is 59.7 cm³/mol. The molecule has 1 rings (SSSR count). The van der Waals surface area contributed by atoms with Gasteiger partial charge >= 0.3 is 0 Å². The fraction of sp³-hybridized carbons (Fsp3) is 0.400. The second-order valence-electron chi connectivity index (χ2n) is 3.18. The van der Waals surface area contributed by atoms with Gasteiger partial charge in [-0.2, -0.15) is 0 Å². The summed E-state index contributed by atoms with van der Waals surface area (Å²) in [6.07, 6.45) is -0.0371. The first-order valence-electron chi connectivity index (χ1n) is 4.44. The SMILES string of the molecule is CCC(N)C(O)c1ccc(Cl)cc1Cl. The molecule has 0 saturated carbocycles. The molecule has 0 aliphatic carbocycles. The van der Waals surface area contributed by atoms with E-state index in [4.69, 9.17) is 28.9 Å². The van der Waals surface area contributed by atoms with Crippen LogP contribution in [0.4, 0.5) is 0 Å². The Bertz CT molecular complexity index is 317. The molecule has 2 unspecified atom stereocenters. The molecule has 0 heterocycles. The summed E-state index contributed by atoms with van der Waals surface area (Å²) in [6.45, 7) is 1.91. The van der Waals surface area contributed by atoms with Gasteiger partial charge in [-0.3, -0.25) is 0 Å². The topological polar surface area (TPSA) is 46.2 Å². The Morgan fingerprint density at radius 3 is 2.57 bits per heavy atom. The van der Waals surface area contributed by atoms with Gasteiger partial charge < -0.3 is 10.8 Å². The molecular weight excluding hydrogens is 221 g/mol. The van der Waals surface area contributed by atoms with Crippen LogP contribution in [0.25, 0.3) is 0 Å². The molecule has 1 aromatic carbocycles. The molecule has 2 nitrogen and oxygen atoms in total. The predicted octanol–water partition coefficient (Wildman–Crippen LogP) is 2.76. The average molecular weight is 234 g/mol. The first kappa shape index (κ1) is 11.8. The maximum atomic E-state index is 9.81. The molecule has 0 aliphatic heterocycles. The molecule has 78 valence electrons. The largest absolute Gasteiger partial charge is 0.387 e. The zero-order valence-electron chi connectivity index (χ0n) is 7.87. The Morgan fingerprint density at radius 2 is 2.07 bits per heavy atom. The van der Waals surface area contributed by atoms with Crippen molar-refractivity contribution in [3.63, 3.8) is 0 Å². The number of halogens is 2. The van der Waals surface area contributed by atoms with Crippen molar-refractivity contribution in [1.29, 1.82) is 0 Å². The quantitative estimate of drug-likeness (QED) is 0.844. The lowest BCUT2D eigenvalue weighted by Gasteiger charge is -2.18. The van der Waals surface area contributed by atoms with Crippen molar-refractivity contribution in [2.45, 2.75) is 25.5 Å². The van der Waals surface area contributed by atoms with Crippen LogP contribution in [0.2, 0.25) is 10.0 Å². The van der Waals surface area contributed by atoms with Crippen molar-refractivity contribution in [2.75, 3.05) is 0 Å².